The molecule has 0 radical (unpaired) electrons. The fourth-order valence-electron chi connectivity index (χ4n) is 1.46. The van der Waals surface area contributed by atoms with Crippen LogP contribution in [0.3, 0.4) is 0 Å². The Morgan fingerprint density at radius 3 is 2.00 bits per heavy atom. The summed E-state index contributed by atoms with van der Waals surface area (Å²) in [7, 11) is 0. The van der Waals surface area contributed by atoms with E-state index in [0.29, 0.717) is 5.41 Å². The third kappa shape index (κ3) is 1.14. The first-order valence-corrected chi connectivity index (χ1v) is 4.25. The lowest BCUT2D eigenvalue weighted by Crippen LogP contribution is -1.89. The first-order chi connectivity index (χ1) is 5.59. The first-order valence-electron chi connectivity index (χ1n) is 4.25. The molecule has 0 amide bonds. The van der Waals surface area contributed by atoms with E-state index in [1.807, 2.05) is 0 Å². The first kappa shape index (κ1) is 7.48. The normalized spacial score (nSPS) is 18.7. The van der Waals surface area contributed by atoms with Crippen LogP contribution in [0.15, 0.2) is 30.3 Å². The second-order valence-corrected chi connectivity index (χ2v) is 3.98. The molecule has 2 rings (SSSR count). The summed E-state index contributed by atoms with van der Waals surface area (Å²) in [5.41, 5.74) is 4.22. The zero-order valence-electron chi connectivity index (χ0n) is 7.59. The van der Waals surface area contributed by atoms with E-state index in [1.54, 1.807) is 0 Å². The predicted octanol–water partition coefficient (Wildman–Crippen LogP) is 3.29. The second kappa shape index (κ2) is 2.16. The zero-order valence-corrected chi connectivity index (χ0v) is 7.59. The van der Waals surface area contributed by atoms with Gasteiger partial charge in [-0.3, -0.25) is 0 Å². The van der Waals surface area contributed by atoms with Crippen molar-refractivity contribution in [2.24, 2.45) is 5.41 Å². The third-order valence-corrected chi connectivity index (χ3v) is 2.38. The van der Waals surface area contributed by atoms with Crippen LogP contribution in [0.5, 0.6) is 0 Å². The van der Waals surface area contributed by atoms with Gasteiger partial charge in [-0.25, -0.2) is 0 Å². The average Bonchev–Trinajstić information content (AvgIpc) is 2.61. The molecule has 0 aromatic heterocycles. The largest absolute Gasteiger partial charge is 0.199 e. The van der Waals surface area contributed by atoms with Crippen LogP contribution in [-0.4, -0.2) is 0 Å². The van der Waals surface area contributed by atoms with Crippen molar-refractivity contribution in [3.05, 3.63) is 48.4 Å². The zero-order chi connectivity index (χ0) is 8.77. The molecule has 1 aliphatic rings. The summed E-state index contributed by atoms with van der Waals surface area (Å²) in [5, 5.41) is 0. The van der Waals surface area contributed by atoms with Crippen molar-refractivity contribution in [3.63, 3.8) is 0 Å². The monoisotopic (exact) mass is 157 g/mol. The molecule has 0 saturated heterocycles. The summed E-state index contributed by atoms with van der Waals surface area (Å²) in [6, 6.07) is 8.40. The number of hydrogen-bond acceptors (Lipinski definition) is 0. The number of allylic oxidation sites excluding steroid dienone is 2. The SMILES string of the molecule is [CH2-]c1ccc(C2=CC2(C)C)cc1. The van der Waals surface area contributed by atoms with E-state index in [-0.39, 0.29) is 0 Å². The average molecular weight is 157 g/mol. The predicted molar refractivity (Wildman–Crippen MR) is 52.7 cm³/mol. The van der Waals surface area contributed by atoms with Gasteiger partial charge in [-0.2, -0.15) is 24.6 Å². The van der Waals surface area contributed by atoms with Gasteiger partial charge in [0, 0.05) is 5.41 Å². The minimum Gasteiger partial charge on any atom is -0.199 e. The van der Waals surface area contributed by atoms with Gasteiger partial charge in [-0.1, -0.05) is 19.9 Å². The van der Waals surface area contributed by atoms with E-state index >= 15 is 0 Å². The summed E-state index contributed by atoms with van der Waals surface area (Å²) in [5.74, 6) is 0. The van der Waals surface area contributed by atoms with Crippen molar-refractivity contribution in [1.29, 1.82) is 0 Å². The van der Waals surface area contributed by atoms with Gasteiger partial charge in [0.2, 0.25) is 0 Å². The Hall–Kier alpha value is -1.17. The Labute approximate surface area is 73.9 Å². The molecule has 0 heteroatoms. The van der Waals surface area contributed by atoms with Crippen LogP contribution in [0.25, 0.3) is 5.57 Å². The standard InChI is InChI=1S/C12H13/c1-9-4-6-10(7-5-9)11-8-12(11,2)3/h4-8H,1H2,2-3H3/q-1. The molecular weight excluding hydrogens is 144 g/mol. The fraction of sp³-hybridized carbons (Fsp3) is 0.250. The highest BCUT2D eigenvalue weighted by atomic mass is 14.4. The highest BCUT2D eigenvalue weighted by molar-refractivity contribution is 5.84. The van der Waals surface area contributed by atoms with Crippen LogP contribution in [0, 0.1) is 12.3 Å². The lowest BCUT2D eigenvalue weighted by atomic mass is 10.0. The quantitative estimate of drug-likeness (QED) is 0.549. The van der Waals surface area contributed by atoms with Crippen molar-refractivity contribution < 1.29 is 0 Å². The molecule has 12 heavy (non-hydrogen) atoms. The van der Waals surface area contributed by atoms with E-state index in [0.717, 1.165) is 5.56 Å². The summed E-state index contributed by atoms with van der Waals surface area (Å²) in [6.45, 7) is 8.33. The molecule has 0 spiro atoms. The van der Waals surface area contributed by atoms with Crippen LogP contribution in [0.2, 0.25) is 0 Å². The van der Waals surface area contributed by atoms with Gasteiger partial charge < -0.3 is 0 Å². The van der Waals surface area contributed by atoms with Crippen molar-refractivity contribution >= 4 is 5.57 Å². The van der Waals surface area contributed by atoms with Crippen molar-refractivity contribution in [2.45, 2.75) is 13.8 Å². The topological polar surface area (TPSA) is 0 Å². The summed E-state index contributed by atoms with van der Waals surface area (Å²) in [6.07, 6.45) is 2.30. The highest BCUT2D eigenvalue weighted by Crippen LogP contribution is 2.49. The van der Waals surface area contributed by atoms with E-state index < -0.39 is 0 Å². The highest BCUT2D eigenvalue weighted by Gasteiger charge is 2.33. The van der Waals surface area contributed by atoms with Crippen molar-refractivity contribution in [1.82, 2.24) is 0 Å². The smallest absolute Gasteiger partial charge is 0.00839 e. The van der Waals surface area contributed by atoms with Crippen molar-refractivity contribution in [2.75, 3.05) is 0 Å². The Balaban J connectivity index is 2.27. The molecule has 1 aromatic carbocycles. The maximum atomic E-state index is 3.86. The Morgan fingerprint density at radius 2 is 1.58 bits per heavy atom. The van der Waals surface area contributed by atoms with Gasteiger partial charge in [-0.15, -0.1) is 12.1 Å². The molecule has 1 aromatic rings. The minimum absolute atomic E-state index is 0.336. The Kier molecular flexibility index (Phi) is 1.35. The van der Waals surface area contributed by atoms with Gasteiger partial charge in [0.25, 0.3) is 0 Å². The van der Waals surface area contributed by atoms with Gasteiger partial charge in [-0.05, 0) is 11.1 Å². The molecule has 1 aliphatic carbocycles. The lowest BCUT2D eigenvalue weighted by molar-refractivity contribution is 0.746. The lowest BCUT2D eigenvalue weighted by Gasteiger charge is -2.07. The number of rotatable bonds is 1. The van der Waals surface area contributed by atoms with E-state index in [9.17, 15) is 0 Å². The van der Waals surface area contributed by atoms with Crippen LogP contribution < -0.4 is 0 Å². The van der Waals surface area contributed by atoms with Crippen molar-refractivity contribution in [3.8, 4) is 0 Å². The fourth-order valence-corrected chi connectivity index (χ4v) is 1.46. The van der Waals surface area contributed by atoms with Crippen LogP contribution in [0.4, 0.5) is 0 Å². The Morgan fingerprint density at radius 1 is 1.08 bits per heavy atom. The minimum atomic E-state index is 0.336. The molecule has 0 atom stereocenters. The summed E-state index contributed by atoms with van der Waals surface area (Å²) >= 11 is 0. The van der Waals surface area contributed by atoms with Gasteiger partial charge in [0.1, 0.15) is 0 Å². The molecule has 0 unspecified atom stereocenters. The maximum Gasteiger partial charge on any atom is 0.00839 e. The molecule has 0 N–H and O–H groups in total. The summed E-state index contributed by atoms with van der Waals surface area (Å²) < 4.78 is 0. The van der Waals surface area contributed by atoms with Gasteiger partial charge in [0.05, 0.1) is 0 Å². The molecular formula is C12H13-. The second-order valence-electron chi connectivity index (χ2n) is 3.98. The molecule has 0 nitrogen and oxygen atoms in total. The third-order valence-electron chi connectivity index (χ3n) is 2.38. The number of hydrogen-bond donors (Lipinski definition) is 0. The van der Waals surface area contributed by atoms with Crippen LogP contribution in [0.1, 0.15) is 25.0 Å². The van der Waals surface area contributed by atoms with E-state index in [2.05, 4.69) is 51.1 Å². The Bertz CT molecular complexity index is 326. The van der Waals surface area contributed by atoms with Crippen LogP contribution >= 0.6 is 0 Å². The molecule has 0 bridgehead atoms. The molecule has 0 aliphatic heterocycles. The van der Waals surface area contributed by atoms with Crippen LogP contribution in [-0.2, 0) is 0 Å². The molecule has 0 saturated carbocycles. The maximum absolute atomic E-state index is 3.86. The van der Waals surface area contributed by atoms with E-state index in [1.165, 1.54) is 11.1 Å². The molecule has 0 fully saturated rings. The summed E-state index contributed by atoms with van der Waals surface area (Å²) in [4.78, 5) is 0. The molecule has 0 heterocycles. The number of benzene rings is 1. The van der Waals surface area contributed by atoms with Gasteiger partial charge >= 0.3 is 0 Å². The van der Waals surface area contributed by atoms with Gasteiger partial charge in [0.15, 0.2) is 0 Å². The van der Waals surface area contributed by atoms with E-state index in [4.69, 9.17) is 0 Å². The molecule has 62 valence electrons.